The van der Waals surface area contributed by atoms with Crippen molar-refractivity contribution in [2.24, 2.45) is 11.8 Å². The molecular formula is C19H29N3O2. The number of rotatable bonds is 7. The van der Waals surface area contributed by atoms with Gasteiger partial charge >= 0.3 is 0 Å². The normalized spacial score (nSPS) is 24.3. The fourth-order valence-electron chi connectivity index (χ4n) is 3.86. The van der Waals surface area contributed by atoms with Gasteiger partial charge in [-0.15, -0.1) is 0 Å². The zero-order valence-corrected chi connectivity index (χ0v) is 15.0. The van der Waals surface area contributed by atoms with Gasteiger partial charge in [-0.05, 0) is 44.8 Å². The van der Waals surface area contributed by atoms with E-state index < -0.39 is 0 Å². The minimum Gasteiger partial charge on any atom is -0.496 e. The van der Waals surface area contributed by atoms with Crippen LogP contribution in [0.5, 0.6) is 5.75 Å². The number of hydrogen-bond donors (Lipinski definition) is 1. The summed E-state index contributed by atoms with van der Waals surface area (Å²) < 4.78 is 5.33. The first-order valence-corrected chi connectivity index (χ1v) is 8.86. The third kappa shape index (κ3) is 4.08. The van der Waals surface area contributed by atoms with Crippen LogP contribution in [0.3, 0.4) is 0 Å². The summed E-state index contributed by atoms with van der Waals surface area (Å²) in [5.41, 5.74) is 1.01. The molecule has 1 aromatic carbocycles. The van der Waals surface area contributed by atoms with E-state index in [1.165, 1.54) is 12.8 Å². The predicted octanol–water partition coefficient (Wildman–Crippen LogP) is 1.58. The number of benzene rings is 1. The van der Waals surface area contributed by atoms with Crippen LogP contribution in [0, 0.1) is 11.8 Å². The van der Waals surface area contributed by atoms with Gasteiger partial charge < -0.3 is 15.0 Å². The lowest BCUT2D eigenvalue weighted by Gasteiger charge is -2.25. The van der Waals surface area contributed by atoms with Crippen molar-refractivity contribution in [3.05, 3.63) is 29.8 Å². The molecule has 0 bridgehead atoms. The van der Waals surface area contributed by atoms with Crippen LogP contribution in [-0.4, -0.2) is 62.6 Å². The average molecular weight is 331 g/mol. The number of para-hydroxylation sites is 1. The fraction of sp³-hybridized carbons (Fsp3) is 0.632. The molecule has 5 heteroatoms. The summed E-state index contributed by atoms with van der Waals surface area (Å²) in [6, 6.07) is 8.39. The Labute approximate surface area is 145 Å². The molecule has 5 nitrogen and oxygen atoms in total. The van der Waals surface area contributed by atoms with Crippen LogP contribution in [-0.2, 0) is 11.3 Å². The Morgan fingerprint density at radius 1 is 1.29 bits per heavy atom. The third-order valence-corrected chi connectivity index (χ3v) is 5.34. The zero-order chi connectivity index (χ0) is 17.1. The second kappa shape index (κ2) is 7.53. The maximum absolute atomic E-state index is 12.3. The van der Waals surface area contributed by atoms with Crippen molar-refractivity contribution in [3.63, 3.8) is 0 Å². The number of amides is 1. The van der Waals surface area contributed by atoms with Crippen molar-refractivity contribution < 1.29 is 9.53 Å². The first-order chi connectivity index (χ1) is 11.6. The lowest BCUT2D eigenvalue weighted by atomic mass is 9.97. The maximum Gasteiger partial charge on any atom is 0.234 e. The molecule has 0 radical (unpaired) electrons. The summed E-state index contributed by atoms with van der Waals surface area (Å²) in [7, 11) is 5.97. The third-order valence-electron chi connectivity index (χ3n) is 5.34. The molecule has 1 saturated carbocycles. The number of nitrogens with zero attached hydrogens (tertiary/aromatic N) is 2. The summed E-state index contributed by atoms with van der Waals surface area (Å²) in [4.78, 5) is 17.0. The highest BCUT2D eigenvalue weighted by atomic mass is 16.5. The van der Waals surface area contributed by atoms with E-state index in [4.69, 9.17) is 4.74 Å². The van der Waals surface area contributed by atoms with Crippen molar-refractivity contribution in [3.8, 4) is 5.75 Å². The van der Waals surface area contributed by atoms with E-state index in [1.807, 2.05) is 24.3 Å². The van der Waals surface area contributed by atoms with E-state index in [0.717, 1.165) is 36.2 Å². The summed E-state index contributed by atoms with van der Waals surface area (Å²) >= 11 is 0. The predicted molar refractivity (Wildman–Crippen MR) is 95.0 cm³/mol. The quantitative estimate of drug-likeness (QED) is 0.824. The zero-order valence-electron chi connectivity index (χ0n) is 15.0. The molecule has 2 aliphatic rings. The van der Waals surface area contributed by atoms with Crippen LogP contribution in [0.15, 0.2) is 24.3 Å². The van der Waals surface area contributed by atoms with Gasteiger partial charge in [0.15, 0.2) is 0 Å². The lowest BCUT2D eigenvalue weighted by Crippen LogP contribution is -2.38. The first kappa shape index (κ1) is 17.2. The molecule has 1 amide bonds. The topological polar surface area (TPSA) is 44.8 Å². The molecule has 0 unspecified atom stereocenters. The highest BCUT2D eigenvalue weighted by Gasteiger charge is 2.43. The maximum atomic E-state index is 12.3. The number of ether oxygens (including phenoxy) is 1. The van der Waals surface area contributed by atoms with Crippen molar-refractivity contribution in [1.82, 2.24) is 15.1 Å². The first-order valence-electron chi connectivity index (χ1n) is 8.86. The summed E-state index contributed by atoms with van der Waals surface area (Å²) in [5.74, 6) is 2.51. The standard InChI is InChI=1S/C19H29N3O2/c1-21(2)17-12-22(11-16(17)14-8-9-14)13-19(23)20-10-15-6-4-5-7-18(15)24-3/h4-7,14,16-17H,8-13H2,1-3H3,(H,20,23)/t16-,17+/m0/s1. The Kier molecular flexibility index (Phi) is 5.41. The average Bonchev–Trinajstić information content (AvgIpc) is 3.33. The van der Waals surface area contributed by atoms with Crippen LogP contribution < -0.4 is 10.1 Å². The van der Waals surface area contributed by atoms with Gasteiger partial charge in [0.2, 0.25) is 5.91 Å². The molecule has 2 fully saturated rings. The van der Waals surface area contributed by atoms with E-state index in [1.54, 1.807) is 7.11 Å². The van der Waals surface area contributed by atoms with Gasteiger partial charge in [-0.25, -0.2) is 0 Å². The van der Waals surface area contributed by atoms with E-state index >= 15 is 0 Å². The SMILES string of the molecule is COc1ccccc1CNC(=O)CN1C[C@@H](N(C)C)[C@H](C2CC2)C1. The van der Waals surface area contributed by atoms with Gasteiger partial charge in [-0.1, -0.05) is 18.2 Å². The van der Waals surface area contributed by atoms with E-state index in [-0.39, 0.29) is 5.91 Å². The Bertz CT molecular complexity index is 561. The molecular weight excluding hydrogens is 302 g/mol. The Morgan fingerprint density at radius 2 is 2.04 bits per heavy atom. The van der Waals surface area contributed by atoms with Crippen LogP contribution in [0.2, 0.25) is 0 Å². The number of nitrogens with one attached hydrogen (secondary N) is 1. The highest BCUT2D eigenvalue weighted by molar-refractivity contribution is 5.78. The number of methoxy groups -OCH3 is 1. The summed E-state index contributed by atoms with van der Waals surface area (Å²) in [6.45, 7) is 3.05. The molecule has 1 N–H and O–H groups in total. The molecule has 132 valence electrons. The fourth-order valence-corrected chi connectivity index (χ4v) is 3.86. The number of carbonyl (C=O) groups is 1. The highest BCUT2D eigenvalue weighted by Crippen LogP contribution is 2.42. The molecule has 1 saturated heterocycles. The monoisotopic (exact) mass is 331 g/mol. The molecule has 1 aromatic rings. The van der Waals surface area contributed by atoms with Gasteiger partial charge in [-0.3, -0.25) is 9.69 Å². The second-order valence-electron chi connectivity index (χ2n) is 7.31. The van der Waals surface area contributed by atoms with Crippen molar-refractivity contribution in [2.45, 2.75) is 25.4 Å². The molecule has 1 aliphatic carbocycles. The van der Waals surface area contributed by atoms with Crippen molar-refractivity contribution >= 4 is 5.91 Å². The van der Waals surface area contributed by atoms with E-state index in [2.05, 4.69) is 29.2 Å². The minimum atomic E-state index is 0.0925. The molecule has 1 heterocycles. The van der Waals surface area contributed by atoms with Gasteiger partial charge in [0, 0.05) is 31.2 Å². The van der Waals surface area contributed by atoms with Gasteiger partial charge in [0.25, 0.3) is 0 Å². The van der Waals surface area contributed by atoms with Crippen LogP contribution in [0.1, 0.15) is 18.4 Å². The molecule has 1 aliphatic heterocycles. The molecule has 24 heavy (non-hydrogen) atoms. The van der Waals surface area contributed by atoms with Crippen LogP contribution in [0.25, 0.3) is 0 Å². The van der Waals surface area contributed by atoms with Crippen LogP contribution in [0.4, 0.5) is 0 Å². The number of likely N-dealkylation sites (N-methyl/N-ethyl adjacent to an activating group) is 1. The Balaban J connectivity index is 1.50. The molecule has 2 atom stereocenters. The minimum absolute atomic E-state index is 0.0925. The smallest absolute Gasteiger partial charge is 0.234 e. The largest absolute Gasteiger partial charge is 0.496 e. The molecule has 3 rings (SSSR count). The summed E-state index contributed by atoms with van der Waals surface area (Å²) in [6.07, 6.45) is 2.73. The second-order valence-corrected chi connectivity index (χ2v) is 7.31. The number of likely N-dealkylation sites (tertiary alicyclic amines) is 1. The number of carbonyl (C=O) groups excluding carboxylic acids is 1. The Hall–Kier alpha value is -1.59. The van der Waals surface area contributed by atoms with Gasteiger partial charge in [-0.2, -0.15) is 0 Å². The molecule has 0 aromatic heterocycles. The van der Waals surface area contributed by atoms with E-state index in [0.29, 0.717) is 19.1 Å². The van der Waals surface area contributed by atoms with Crippen LogP contribution >= 0.6 is 0 Å². The Morgan fingerprint density at radius 3 is 2.71 bits per heavy atom. The lowest BCUT2D eigenvalue weighted by molar-refractivity contribution is -0.122. The van der Waals surface area contributed by atoms with Crippen molar-refractivity contribution in [2.75, 3.05) is 40.8 Å². The van der Waals surface area contributed by atoms with Crippen molar-refractivity contribution in [1.29, 1.82) is 0 Å². The van der Waals surface area contributed by atoms with E-state index in [9.17, 15) is 4.79 Å². The summed E-state index contributed by atoms with van der Waals surface area (Å²) in [5, 5.41) is 3.03. The molecule has 0 spiro atoms. The number of hydrogen-bond acceptors (Lipinski definition) is 4. The van der Waals surface area contributed by atoms with Gasteiger partial charge in [0.1, 0.15) is 5.75 Å². The van der Waals surface area contributed by atoms with Gasteiger partial charge in [0.05, 0.1) is 13.7 Å².